The average molecular weight is 473 g/mol. The van der Waals surface area contributed by atoms with E-state index in [0.717, 1.165) is 17.0 Å². The van der Waals surface area contributed by atoms with Crippen molar-refractivity contribution in [1.82, 2.24) is 9.97 Å². The summed E-state index contributed by atoms with van der Waals surface area (Å²) in [5.74, 6) is 2.45. The van der Waals surface area contributed by atoms with E-state index in [-0.39, 0.29) is 0 Å². The molecule has 2 aromatic carbocycles. The van der Waals surface area contributed by atoms with Gasteiger partial charge in [-0.1, -0.05) is 24.3 Å². The van der Waals surface area contributed by atoms with Crippen LogP contribution in [0.4, 0.5) is 17.3 Å². The van der Waals surface area contributed by atoms with Crippen molar-refractivity contribution in [2.75, 3.05) is 23.4 Å². The highest BCUT2D eigenvalue weighted by molar-refractivity contribution is 5.80. The third-order valence-electron chi connectivity index (χ3n) is 5.59. The van der Waals surface area contributed by atoms with E-state index in [0.29, 0.717) is 36.3 Å². The molecule has 0 saturated heterocycles. The second kappa shape index (κ2) is 10.3. The van der Waals surface area contributed by atoms with Crippen molar-refractivity contribution >= 4 is 23.3 Å². The zero-order valence-electron chi connectivity index (χ0n) is 19.9. The van der Waals surface area contributed by atoms with Crippen LogP contribution in [0, 0.1) is 0 Å². The van der Waals surface area contributed by atoms with Gasteiger partial charge in [0.2, 0.25) is 0 Å². The number of ether oxygens (including phenoxy) is 2. The monoisotopic (exact) mass is 472 g/mol. The van der Waals surface area contributed by atoms with Crippen molar-refractivity contribution in [1.29, 1.82) is 0 Å². The van der Waals surface area contributed by atoms with Gasteiger partial charge in [-0.15, -0.1) is 0 Å². The van der Waals surface area contributed by atoms with Gasteiger partial charge < -0.3 is 24.8 Å². The maximum Gasteiger partial charge on any atom is 0.313 e. The van der Waals surface area contributed by atoms with E-state index in [2.05, 4.69) is 15.3 Å². The summed E-state index contributed by atoms with van der Waals surface area (Å²) in [5.41, 5.74) is 0.543. The van der Waals surface area contributed by atoms with E-state index in [1.165, 1.54) is 0 Å². The van der Waals surface area contributed by atoms with Crippen molar-refractivity contribution in [3.63, 3.8) is 0 Å². The second-order valence-corrected chi connectivity index (χ2v) is 8.48. The largest absolute Gasteiger partial charge is 0.490 e. The molecule has 0 amide bonds. The van der Waals surface area contributed by atoms with Crippen LogP contribution >= 0.6 is 0 Å². The van der Waals surface area contributed by atoms with Crippen LogP contribution in [0.25, 0.3) is 0 Å². The third kappa shape index (κ3) is 5.60. The number of anilines is 3. The molecule has 2 heterocycles. The lowest BCUT2D eigenvalue weighted by Crippen LogP contribution is -2.28. The summed E-state index contributed by atoms with van der Waals surface area (Å²) in [6.07, 6.45) is 9.04. The van der Waals surface area contributed by atoms with Gasteiger partial charge in [0.15, 0.2) is 23.1 Å². The molecule has 0 spiro atoms. The van der Waals surface area contributed by atoms with Crippen LogP contribution in [0.3, 0.4) is 0 Å². The van der Waals surface area contributed by atoms with E-state index in [4.69, 9.17) is 9.47 Å². The number of aliphatic carboxylic acids is 1. The SMILES string of the molecule is CCOc1ccccc1OC1=CC=CN(c2cncc(Nc3ccc(C(C)(C)C(=O)O)cc3)n2)C1. The summed E-state index contributed by atoms with van der Waals surface area (Å²) < 4.78 is 11.8. The molecular weight excluding hydrogens is 444 g/mol. The summed E-state index contributed by atoms with van der Waals surface area (Å²) in [6, 6.07) is 14.8. The smallest absolute Gasteiger partial charge is 0.313 e. The Kier molecular flexibility index (Phi) is 7.01. The van der Waals surface area contributed by atoms with Crippen LogP contribution in [0.1, 0.15) is 26.3 Å². The Bertz CT molecular complexity index is 1250. The minimum absolute atomic E-state index is 0.480. The predicted octanol–water partition coefficient (Wildman–Crippen LogP) is 5.28. The fraction of sp³-hybridized carbons (Fsp3) is 0.222. The molecule has 0 saturated carbocycles. The van der Waals surface area contributed by atoms with Crippen molar-refractivity contribution in [3.8, 4) is 11.5 Å². The molecular formula is C27H28N4O4. The van der Waals surface area contributed by atoms with Crippen LogP contribution in [-0.2, 0) is 10.2 Å². The fourth-order valence-electron chi connectivity index (χ4n) is 3.50. The van der Waals surface area contributed by atoms with Crippen molar-refractivity contribution in [3.05, 3.63) is 90.6 Å². The van der Waals surface area contributed by atoms with Gasteiger partial charge in [-0.05, 0) is 62.8 Å². The first-order valence-corrected chi connectivity index (χ1v) is 11.3. The maximum absolute atomic E-state index is 11.5. The molecule has 0 aliphatic carbocycles. The van der Waals surface area contributed by atoms with Crippen LogP contribution < -0.4 is 19.7 Å². The Morgan fingerprint density at radius 3 is 2.57 bits per heavy atom. The number of rotatable bonds is 9. The molecule has 0 unspecified atom stereocenters. The van der Waals surface area contributed by atoms with Gasteiger partial charge >= 0.3 is 5.97 Å². The highest BCUT2D eigenvalue weighted by Gasteiger charge is 2.29. The second-order valence-electron chi connectivity index (χ2n) is 8.48. The molecule has 8 nitrogen and oxygen atoms in total. The van der Waals surface area contributed by atoms with Crippen LogP contribution in [0.2, 0.25) is 0 Å². The molecule has 3 aromatic rings. The molecule has 35 heavy (non-hydrogen) atoms. The molecule has 0 fully saturated rings. The molecule has 0 radical (unpaired) electrons. The lowest BCUT2D eigenvalue weighted by Gasteiger charge is -2.24. The number of aromatic nitrogens is 2. The fourth-order valence-corrected chi connectivity index (χ4v) is 3.50. The molecule has 180 valence electrons. The quantitative estimate of drug-likeness (QED) is 0.434. The first-order chi connectivity index (χ1) is 16.9. The van der Waals surface area contributed by atoms with E-state index in [9.17, 15) is 9.90 Å². The predicted molar refractivity (Wildman–Crippen MR) is 135 cm³/mol. The van der Waals surface area contributed by atoms with E-state index in [1.807, 2.05) is 66.6 Å². The van der Waals surface area contributed by atoms with Crippen LogP contribution in [0.15, 0.2) is 85.0 Å². The topological polar surface area (TPSA) is 96.8 Å². The summed E-state index contributed by atoms with van der Waals surface area (Å²) in [4.78, 5) is 22.4. The average Bonchev–Trinajstić information content (AvgIpc) is 2.86. The van der Waals surface area contributed by atoms with E-state index in [1.54, 1.807) is 38.4 Å². The lowest BCUT2D eigenvalue weighted by atomic mass is 9.85. The van der Waals surface area contributed by atoms with Crippen molar-refractivity contribution < 1.29 is 19.4 Å². The number of carbonyl (C=O) groups is 1. The highest BCUT2D eigenvalue weighted by atomic mass is 16.5. The Balaban J connectivity index is 1.44. The zero-order chi connectivity index (χ0) is 24.8. The molecule has 8 heteroatoms. The number of nitrogens with one attached hydrogen (secondary N) is 1. The summed E-state index contributed by atoms with van der Waals surface area (Å²) in [6.45, 7) is 6.34. The lowest BCUT2D eigenvalue weighted by molar-refractivity contribution is -0.142. The molecule has 4 rings (SSSR count). The number of benzene rings is 2. The number of carboxylic acid groups (broad SMARTS) is 1. The highest BCUT2D eigenvalue weighted by Crippen LogP contribution is 2.30. The molecule has 1 aliphatic heterocycles. The Hall–Kier alpha value is -4.33. The van der Waals surface area contributed by atoms with Gasteiger partial charge in [0.05, 0.1) is 31.0 Å². The molecule has 2 N–H and O–H groups in total. The maximum atomic E-state index is 11.5. The number of allylic oxidation sites excluding steroid dienone is 2. The van der Waals surface area contributed by atoms with Crippen molar-refractivity contribution in [2.45, 2.75) is 26.2 Å². The standard InChI is InChI=1S/C27H28N4O4/c1-4-34-22-9-5-6-10-23(22)35-21-8-7-15-31(18-21)25-17-28-16-24(30-25)29-20-13-11-19(12-14-20)27(2,3)26(32)33/h5-17H,4,18H2,1-3H3,(H,29,30)(H,32,33). The molecule has 0 bridgehead atoms. The number of nitrogens with zero attached hydrogens (tertiary/aromatic N) is 3. The first-order valence-electron chi connectivity index (χ1n) is 11.3. The first kappa shape index (κ1) is 23.8. The number of carboxylic acids is 1. The van der Waals surface area contributed by atoms with Gasteiger partial charge in [-0.2, -0.15) is 0 Å². The normalized spacial score (nSPS) is 13.2. The van der Waals surface area contributed by atoms with Crippen molar-refractivity contribution in [2.24, 2.45) is 0 Å². The Morgan fingerprint density at radius 2 is 1.86 bits per heavy atom. The van der Waals surface area contributed by atoms with Gasteiger partial charge in [-0.25, -0.2) is 4.98 Å². The number of para-hydroxylation sites is 2. The summed E-state index contributed by atoms with van der Waals surface area (Å²) in [5, 5.41) is 12.7. The molecule has 1 aromatic heterocycles. The van der Waals surface area contributed by atoms with E-state index >= 15 is 0 Å². The zero-order valence-corrected chi connectivity index (χ0v) is 19.9. The minimum atomic E-state index is -0.963. The Labute approximate surface area is 204 Å². The van der Waals surface area contributed by atoms with E-state index < -0.39 is 11.4 Å². The third-order valence-corrected chi connectivity index (χ3v) is 5.59. The van der Waals surface area contributed by atoms with Gasteiger partial charge in [0.25, 0.3) is 0 Å². The Morgan fingerprint density at radius 1 is 1.11 bits per heavy atom. The summed E-state index contributed by atoms with van der Waals surface area (Å²) >= 11 is 0. The van der Waals surface area contributed by atoms with Crippen LogP contribution in [-0.4, -0.2) is 34.2 Å². The van der Waals surface area contributed by atoms with Gasteiger partial charge in [0, 0.05) is 11.9 Å². The van der Waals surface area contributed by atoms with Gasteiger partial charge in [-0.3, -0.25) is 9.78 Å². The summed E-state index contributed by atoms with van der Waals surface area (Å²) in [7, 11) is 0. The molecule has 1 aliphatic rings. The number of hydrogen-bond donors (Lipinski definition) is 2. The van der Waals surface area contributed by atoms with Gasteiger partial charge in [0.1, 0.15) is 5.76 Å². The minimum Gasteiger partial charge on any atom is -0.490 e. The molecule has 0 atom stereocenters. The number of hydrogen-bond acceptors (Lipinski definition) is 7. The van der Waals surface area contributed by atoms with Crippen LogP contribution in [0.5, 0.6) is 11.5 Å².